The zero-order valence-corrected chi connectivity index (χ0v) is 11.4. The van der Waals surface area contributed by atoms with Crippen molar-refractivity contribution in [2.45, 2.75) is 32.7 Å². The molecular formula is C14H16ClN3. The highest BCUT2D eigenvalue weighted by Crippen LogP contribution is 2.24. The summed E-state index contributed by atoms with van der Waals surface area (Å²) in [6.07, 6.45) is 1.78. The molecule has 0 radical (unpaired) electrons. The molecule has 1 aromatic carbocycles. The third kappa shape index (κ3) is 2.21. The number of aryl methyl sites for hydroxylation is 1. The number of imidazole rings is 1. The number of benzene rings is 1. The molecule has 18 heavy (non-hydrogen) atoms. The molecule has 1 atom stereocenters. The van der Waals surface area contributed by atoms with E-state index in [0.717, 1.165) is 29.7 Å². The molecule has 0 spiro atoms. The van der Waals surface area contributed by atoms with Crippen molar-refractivity contribution < 1.29 is 0 Å². The van der Waals surface area contributed by atoms with Gasteiger partial charge in [-0.15, -0.1) is 11.6 Å². The molecular weight excluding hydrogens is 246 g/mol. The van der Waals surface area contributed by atoms with Gasteiger partial charge in [0.2, 0.25) is 0 Å². The highest BCUT2D eigenvalue weighted by molar-refractivity contribution is 6.17. The number of rotatable bonds is 4. The number of alkyl halides is 1. The summed E-state index contributed by atoms with van der Waals surface area (Å²) in [5, 5.41) is 8.99. The SMILES string of the molecule is CCC(C)n1c(CCCl)nc2ccc(C#N)cc21. The van der Waals surface area contributed by atoms with Crippen LogP contribution in [-0.4, -0.2) is 15.4 Å². The van der Waals surface area contributed by atoms with Crippen molar-refractivity contribution >= 4 is 22.6 Å². The molecule has 0 aliphatic carbocycles. The van der Waals surface area contributed by atoms with Crippen LogP contribution in [0.4, 0.5) is 0 Å². The number of hydrogen-bond donors (Lipinski definition) is 0. The molecule has 0 N–H and O–H groups in total. The Labute approximate surface area is 112 Å². The maximum atomic E-state index is 8.99. The lowest BCUT2D eigenvalue weighted by atomic mass is 10.2. The van der Waals surface area contributed by atoms with Crippen molar-refractivity contribution in [3.63, 3.8) is 0 Å². The second-order valence-corrected chi connectivity index (χ2v) is 4.79. The minimum Gasteiger partial charge on any atom is -0.325 e. The van der Waals surface area contributed by atoms with Crippen LogP contribution in [-0.2, 0) is 6.42 Å². The molecule has 0 saturated carbocycles. The van der Waals surface area contributed by atoms with E-state index in [2.05, 4.69) is 29.5 Å². The van der Waals surface area contributed by atoms with Crippen LogP contribution < -0.4 is 0 Å². The molecule has 0 saturated heterocycles. The van der Waals surface area contributed by atoms with Gasteiger partial charge in [0.15, 0.2) is 0 Å². The van der Waals surface area contributed by atoms with Crippen LogP contribution in [0.25, 0.3) is 11.0 Å². The first-order valence-corrected chi connectivity index (χ1v) is 6.71. The highest BCUT2D eigenvalue weighted by atomic mass is 35.5. The van der Waals surface area contributed by atoms with E-state index in [9.17, 15) is 0 Å². The quantitative estimate of drug-likeness (QED) is 0.788. The second kappa shape index (κ2) is 5.41. The average molecular weight is 262 g/mol. The summed E-state index contributed by atoms with van der Waals surface area (Å²) < 4.78 is 2.21. The molecule has 0 aliphatic heterocycles. The van der Waals surface area contributed by atoms with Crippen LogP contribution in [0.2, 0.25) is 0 Å². The molecule has 2 rings (SSSR count). The van der Waals surface area contributed by atoms with E-state index in [1.54, 1.807) is 6.07 Å². The van der Waals surface area contributed by atoms with E-state index in [4.69, 9.17) is 16.9 Å². The fourth-order valence-electron chi connectivity index (χ4n) is 2.15. The maximum absolute atomic E-state index is 8.99. The topological polar surface area (TPSA) is 41.6 Å². The Morgan fingerprint density at radius 3 is 2.89 bits per heavy atom. The molecule has 3 nitrogen and oxygen atoms in total. The fraction of sp³-hybridized carbons (Fsp3) is 0.429. The molecule has 1 unspecified atom stereocenters. The number of halogens is 1. The third-order valence-corrected chi connectivity index (χ3v) is 3.43. The largest absolute Gasteiger partial charge is 0.325 e. The van der Waals surface area contributed by atoms with Gasteiger partial charge >= 0.3 is 0 Å². The van der Waals surface area contributed by atoms with Crippen molar-refractivity contribution in [2.75, 3.05) is 5.88 Å². The maximum Gasteiger partial charge on any atom is 0.111 e. The average Bonchev–Trinajstić information content (AvgIpc) is 2.75. The molecule has 4 heteroatoms. The van der Waals surface area contributed by atoms with Crippen LogP contribution in [0.3, 0.4) is 0 Å². The lowest BCUT2D eigenvalue weighted by Crippen LogP contribution is -2.09. The fourth-order valence-corrected chi connectivity index (χ4v) is 2.32. The number of aromatic nitrogens is 2. The van der Waals surface area contributed by atoms with Gasteiger partial charge in [-0.05, 0) is 31.5 Å². The Morgan fingerprint density at radius 2 is 2.28 bits per heavy atom. The lowest BCUT2D eigenvalue weighted by molar-refractivity contribution is 0.525. The Kier molecular flexibility index (Phi) is 3.88. The normalized spacial score (nSPS) is 12.6. The Morgan fingerprint density at radius 1 is 1.50 bits per heavy atom. The summed E-state index contributed by atoms with van der Waals surface area (Å²) in [5.41, 5.74) is 2.64. The van der Waals surface area contributed by atoms with Gasteiger partial charge in [0.05, 0.1) is 22.7 Å². The monoisotopic (exact) mass is 261 g/mol. The molecule has 1 aromatic heterocycles. The molecule has 94 valence electrons. The predicted octanol–water partition coefficient (Wildman–Crippen LogP) is 3.66. The van der Waals surface area contributed by atoms with Gasteiger partial charge in [-0.3, -0.25) is 0 Å². The number of nitrogens with zero attached hydrogens (tertiary/aromatic N) is 3. The number of nitriles is 1. The summed E-state index contributed by atoms with van der Waals surface area (Å²) in [5.74, 6) is 1.56. The third-order valence-electron chi connectivity index (χ3n) is 3.24. The van der Waals surface area contributed by atoms with Gasteiger partial charge in [0.1, 0.15) is 5.82 Å². The number of hydrogen-bond acceptors (Lipinski definition) is 2. The molecule has 0 bridgehead atoms. The number of fused-ring (bicyclic) bond motifs is 1. The van der Waals surface area contributed by atoms with E-state index in [-0.39, 0.29) is 0 Å². The van der Waals surface area contributed by atoms with E-state index in [1.165, 1.54) is 0 Å². The lowest BCUT2D eigenvalue weighted by Gasteiger charge is -2.15. The first kappa shape index (κ1) is 12.9. The molecule has 2 aromatic rings. The Balaban J connectivity index is 2.66. The standard InChI is InChI=1S/C14H16ClN3/c1-3-10(2)18-13-8-11(9-16)4-5-12(13)17-14(18)6-7-15/h4-5,8,10H,3,6-7H2,1-2H3. The Bertz CT molecular complexity index is 595. The van der Waals surface area contributed by atoms with Crippen LogP contribution in [0.15, 0.2) is 18.2 Å². The van der Waals surface area contributed by atoms with Gasteiger partial charge < -0.3 is 4.57 Å². The summed E-state index contributed by atoms with van der Waals surface area (Å²) in [6, 6.07) is 8.16. The van der Waals surface area contributed by atoms with Crippen molar-refractivity contribution in [1.82, 2.24) is 9.55 Å². The van der Waals surface area contributed by atoms with E-state index < -0.39 is 0 Å². The van der Waals surface area contributed by atoms with Crippen molar-refractivity contribution in [1.29, 1.82) is 5.26 Å². The van der Waals surface area contributed by atoms with Gasteiger partial charge in [-0.25, -0.2) is 4.98 Å². The van der Waals surface area contributed by atoms with Gasteiger partial charge in [0.25, 0.3) is 0 Å². The van der Waals surface area contributed by atoms with E-state index in [0.29, 0.717) is 17.5 Å². The van der Waals surface area contributed by atoms with Crippen LogP contribution >= 0.6 is 11.6 Å². The zero-order chi connectivity index (χ0) is 13.1. The molecule has 1 heterocycles. The van der Waals surface area contributed by atoms with Crippen molar-refractivity contribution in [2.24, 2.45) is 0 Å². The first-order chi connectivity index (χ1) is 8.71. The minimum absolute atomic E-state index is 0.363. The summed E-state index contributed by atoms with van der Waals surface area (Å²) in [7, 11) is 0. The van der Waals surface area contributed by atoms with E-state index >= 15 is 0 Å². The molecule has 0 aliphatic rings. The summed E-state index contributed by atoms with van der Waals surface area (Å²) in [6.45, 7) is 4.31. The Hall–Kier alpha value is -1.53. The van der Waals surface area contributed by atoms with Crippen molar-refractivity contribution in [3.8, 4) is 6.07 Å². The summed E-state index contributed by atoms with van der Waals surface area (Å²) in [4.78, 5) is 4.62. The van der Waals surface area contributed by atoms with Gasteiger partial charge in [-0.2, -0.15) is 5.26 Å². The van der Waals surface area contributed by atoms with Crippen molar-refractivity contribution in [3.05, 3.63) is 29.6 Å². The van der Waals surface area contributed by atoms with Crippen LogP contribution in [0.5, 0.6) is 0 Å². The zero-order valence-electron chi connectivity index (χ0n) is 10.7. The molecule has 0 fully saturated rings. The smallest absolute Gasteiger partial charge is 0.111 e. The van der Waals surface area contributed by atoms with Crippen LogP contribution in [0, 0.1) is 11.3 Å². The van der Waals surface area contributed by atoms with Gasteiger partial charge in [0, 0.05) is 18.3 Å². The predicted molar refractivity (Wildman–Crippen MR) is 73.9 cm³/mol. The van der Waals surface area contributed by atoms with E-state index in [1.807, 2.05) is 12.1 Å². The van der Waals surface area contributed by atoms with Crippen LogP contribution in [0.1, 0.15) is 37.7 Å². The molecule has 0 amide bonds. The first-order valence-electron chi connectivity index (χ1n) is 6.18. The summed E-state index contributed by atoms with van der Waals surface area (Å²) >= 11 is 5.84. The highest BCUT2D eigenvalue weighted by Gasteiger charge is 2.14. The minimum atomic E-state index is 0.363. The second-order valence-electron chi connectivity index (χ2n) is 4.41. The van der Waals surface area contributed by atoms with Gasteiger partial charge in [-0.1, -0.05) is 6.92 Å².